The highest BCUT2D eigenvalue weighted by Crippen LogP contribution is 2.22. The van der Waals surface area contributed by atoms with Crippen molar-refractivity contribution in [1.29, 1.82) is 0 Å². The zero-order valence-electron chi connectivity index (χ0n) is 15.6. The van der Waals surface area contributed by atoms with Crippen molar-refractivity contribution < 1.29 is 14.0 Å². The number of halogens is 1. The second-order valence-electron chi connectivity index (χ2n) is 7.04. The molecule has 0 bridgehead atoms. The molecule has 2 amide bonds. The normalized spacial score (nSPS) is 16.0. The predicted octanol–water partition coefficient (Wildman–Crippen LogP) is 1.81. The van der Waals surface area contributed by atoms with Gasteiger partial charge >= 0.3 is 0 Å². The molecule has 1 aromatic rings. The summed E-state index contributed by atoms with van der Waals surface area (Å²) >= 11 is 0. The average molecular weight is 362 g/mol. The van der Waals surface area contributed by atoms with Gasteiger partial charge in [-0.25, -0.2) is 4.39 Å². The van der Waals surface area contributed by atoms with Crippen LogP contribution in [0, 0.1) is 5.82 Å². The van der Waals surface area contributed by atoms with E-state index in [1.54, 1.807) is 13.1 Å². The summed E-state index contributed by atoms with van der Waals surface area (Å²) in [7, 11) is 1.65. The van der Waals surface area contributed by atoms with Gasteiger partial charge < -0.3 is 10.6 Å². The van der Waals surface area contributed by atoms with Crippen molar-refractivity contribution in [3.63, 3.8) is 0 Å². The number of likely N-dealkylation sites (tertiary alicyclic amines) is 1. The third-order valence-electron chi connectivity index (χ3n) is 4.54. The van der Waals surface area contributed by atoms with Crippen LogP contribution >= 0.6 is 0 Å². The minimum absolute atomic E-state index is 0.113. The van der Waals surface area contributed by atoms with E-state index in [4.69, 9.17) is 0 Å². The van der Waals surface area contributed by atoms with Crippen LogP contribution in [0.5, 0.6) is 0 Å². The third kappa shape index (κ3) is 5.28. The first-order valence-corrected chi connectivity index (χ1v) is 8.87. The van der Waals surface area contributed by atoms with Gasteiger partial charge in [0.2, 0.25) is 11.8 Å². The van der Waals surface area contributed by atoms with Crippen LogP contribution in [0.25, 0.3) is 0 Å². The van der Waals surface area contributed by atoms with Gasteiger partial charge in [-0.1, -0.05) is 26.0 Å². The van der Waals surface area contributed by atoms with Gasteiger partial charge in [-0.3, -0.25) is 19.5 Å². The summed E-state index contributed by atoms with van der Waals surface area (Å²) in [4.78, 5) is 29.0. The fraction of sp³-hybridized carbons (Fsp3) is 0.526. The first-order chi connectivity index (χ1) is 12.3. The van der Waals surface area contributed by atoms with Gasteiger partial charge in [0.25, 0.3) is 0 Å². The van der Waals surface area contributed by atoms with E-state index < -0.39 is 0 Å². The Hall–Kier alpha value is -2.44. The molecule has 2 rings (SSSR count). The number of rotatable bonds is 6. The number of imide groups is 1. The first-order valence-electron chi connectivity index (χ1n) is 8.87. The molecule has 142 valence electrons. The molecule has 1 saturated heterocycles. The van der Waals surface area contributed by atoms with E-state index in [0.717, 1.165) is 5.56 Å². The van der Waals surface area contributed by atoms with Crippen LogP contribution in [0.1, 0.15) is 38.7 Å². The number of aliphatic imine (C=N–C) groups is 1. The highest BCUT2D eigenvalue weighted by Gasteiger charge is 2.25. The molecule has 1 fully saturated rings. The first kappa shape index (κ1) is 19.9. The Morgan fingerprint density at radius 2 is 1.92 bits per heavy atom. The van der Waals surface area contributed by atoms with Crippen LogP contribution in [0.4, 0.5) is 4.39 Å². The number of guanidine groups is 1. The topological polar surface area (TPSA) is 73.8 Å². The predicted molar refractivity (Wildman–Crippen MR) is 99.4 cm³/mol. The van der Waals surface area contributed by atoms with Crippen LogP contribution in [0.3, 0.4) is 0 Å². The number of benzene rings is 1. The zero-order valence-corrected chi connectivity index (χ0v) is 15.6. The van der Waals surface area contributed by atoms with Crippen LogP contribution in [0.2, 0.25) is 0 Å². The number of nitrogens with one attached hydrogen (secondary N) is 2. The van der Waals surface area contributed by atoms with Crippen molar-refractivity contribution >= 4 is 17.8 Å². The Kier molecular flexibility index (Phi) is 6.71. The molecule has 1 heterocycles. The van der Waals surface area contributed by atoms with Crippen molar-refractivity contribution in [1.82, 2.24) is 15.5 Å². The second kappa shape index (κ2) is 8.78. The van der Waals surface area contributed by atoms with E-state index in [0.29, 0.717) is 44.9 Å². The quantitative estimate of drug-likeness (QED) is 0.460. The minimum Gasteiger partial charge on any atom is -0.356 e. The summed E-state index contributed by atoms with van der Waals surface area (Å²) in [6.45, 7) is 5.35. The molecule has 0 aromatic heterocycles. The summed E-state index contributed by atoms with van der Waals surface area (Å²) in [5, 5.41) is 6.33. The molecule has 0 saturated carbocycles. The Balaban J connectivity index is 1.84. The van der Waals surface area contributed by atoms with Crippen LogP contribution in [-0.4, -0.2) is 49.4 Å². The summed E-state index contributed by atoms with van der Waals surface area (Å²) in [6, 6.07) is 6.56. The summed E-state index contributed by atoms with van der Waals surface area (Å²) in [5.74, 6) is 0.0943. The molecule has 1 aliphatic rings. The Labute approximate surface area is 153 Å². The Morgan fingerprint density at radius 1 is 1.23 bits per heavy atom. The number of piperidine rings is 1. The Morgan fingerprint density at radius 3 is 2.54 bits per heavy atom. The largest absolute Gasteiger partial charge is 0.356 e. The summed E-state index contributed by atoms with van der Waals surface area (Å²) in [6.07, 6.45) is 1.50. The summed E-state index contributed by atoms with van der Waals surface area (Å²) in [5.41, 5.74) is 0.600. The zero-order chi connectivity index (χ0) is 19.2. The molecular formula is C19H27FN4O2. The van der Waals surface area contributed by atoms with Gasteiger partial charge in [0.1, 0.15) is 5.82 Å². The number of nitrogens with zero attached hydrogens (tertiary/aromatic N) is 2. The minimum atomic E-state index is -0.293. The number of hydrogen-bond donors (Lipinski definition) is 2. The molecule has 1 aromatic carbocycles. The third-order valence-corrected chi connectivity index (χ3v) is 4.54. The maximum Gasteiger partial charge on any atom is 0.229 e. The standard InChI is InChI=1S/C19H27FN4O2/c1-19(2,14-6-4-7-15(20)12-14)13-23-18(21-3)22-10-11-24-16(25)8-5-9-17(24)26/h4,6-7,12H,5,8-11,13H2,1-3H3,(H2,21,22,23). The SMILES string of the molecule is CN=C(NCCN1C(=O)CCCC1=O)NCC(C)(C)c1cccc(F)c1. The van der Waals surface area contributed by atoms with E-state index in [1.165, 1.54) is 17.0 Å². The maximum atomic E-state index is 13.5. The van der Waals surface area contributed by atoms with Crippen molar-refractivity contribution in [2.45, 2.75) is 38.5 Å². The lowest BCUT2D eigenvalue weighted by molar-refractivity contribution is -0.147. The van der Waals surface area contributed by atoms with Gasteiger partial charge in [-0.05, 0) is 24.1 Å². The van der Waals surface area contributed by atoms with E-state index in [9.17, 15) is 14.0 Å². The summed E-state index contributed by atoms with van der Waals surface area (Å²) < 4.78 is 13.5. The average Bonchev–Trinajstić information content (AvgIpc) is 2.60. The fourth-order valence-corrected chi connectivity index (χ4v) is 2.87. The molecule has 0 aliphatic carbocycles. The van der Waals surface area contributed by atoms with Crippen molar-refractivity contribution in [2.75, 3.05) is 26.7 Å². The molecular weight excluding hydrogens is 335 g/mol. The lowest BCUT2D eigenvalue weighted by atomic mass is 9.84. The van der Waals surface area contributed by atoms with Gasteiger partial charge in [-0.15, -0.1) is 0 Å². The number of hydrogen-bond acceptors (Lipinski definition) is 3. The molecule has 6 nitrogen and oxygen atoms in total. The van der Waals surface area contributed by atoms with Crippen LogP contribution in [-0.2, 0) is 15.0 Å². The molecule has 26 heavy (non-hydrogen) atoms. The van der Waals surface area contributed by atoms with E-state index in [1.807, 2.05) is 19.9 Å². The Bertz CT molecular complexity index is 672. The van der Waals surface area contributed by atoms with Gasteiger partial charge in [0.05, 0.1) is 0 Å². The molecule has 0 atom stereocenters. The van der Waals surface area contributed by atoms with Gasteiger partial charge in [0, 0.05) is 44.9 Å². The maximum absolute atomic E-state index is 13.5. The smallest absolute Gasteiger partial charge is 0.229 e. The molecule has 2 N–H and O–H groups in total. The number of amides is 2. The number of carbonyl (C=O) groups is 2. The van der Waals surface area contributed by atoms with E-state index in [-0.39, 0.29) is 23.0 Å². The van der Waals surface area contributed by atoms with Gasteiger partial charge in [0.15, 0.2) is 5.96 Å². The molecule has 0 radical (unpaired) electrons. The van der Waals surface area contributed by atoms with Crippen molar-refractivity contribution in [3.8, 4) is 0 Å². The molecule has 7 heteroatoms. The van der Waals surface area contributed by atoms with E-state index >= 15 is 0 Å². The molecule has 0 spiro atoms. The molecule has 1 aliphatic heterocycles. The molecule has 0 unspecified atom stereocenters. The monoisotopic (exact) mass is 362 g/mol. The highest BCUT2D eigenvalue weighted by atomic mass is 19.1. The fourth-order valence-electron chi connectivity index (χ4n) is 2.87. The van der Waals surface area contributed by atoms with Crippen molar-refractivity contribution in [3.05, 3.63) is 35.6 Å². The van der Waals surface area contributed by atoms with Gasteiger partial charge in [-0.2, -0.15) is 0 Å². The lowest BCUT2D eigenvalue weighted by Crippen LogP contribution is -2.48. The highest BCUT2D eigenvalue weighted by molar-refractivity contribution is 5.97. The number of carbonyl (C=O) groups excluding carboxylic acids is 2. The second-order valence-corrected chi connectivity index (χ2v) is 7.04. The van der Waals surface area contributed by atoms with Crippen LogP contribution < -0.4 is 10.6 Å². The lowest BCUT2D eigenvalue weighted by Gasteiger charge is -2.28. The van der Waals surface area contributed by atoms with Crippen molar-refractivity contribution in [2.24, 2.45) is 4.99 Å². The van der Waals surface area contributed by atoms with Crippen LogP contribution in [0.15, 0.2) is 29.3 Å². The van der Waals surface area contributed by atoms with E-state index in [2.05, 4.69) is 15.6 Å².